The third-order valence-electron chi connectivity index (χ3n) is 8.38. The molecule has 5 aromatic rings. The number of carbonyl (C=O) groups is 1. The number of nitrogens with one attached hydrogen (secondary N) is 1. The quantitative estimate of drug-likeness (QED) is 0.184. The van der Waals surface area contributed by atoms with Crippen molar-refractivity contribution >= 4 is 60.3 Å². The minimum absolute atomic E-state index is 0.0357. The minimum Gasteiger partial charge on any atom is -0.331 e. The van der Waals surface area contributed by atoms with Crippen molar-refractivity contribution in [2.75, 3.05) is 7.05 Å². The van der Waals surface area contributed by atoms with E-state index in [9.17, 15) is 13.2 Å². The van der Waals surface area contributed by atoms with Crippen molar-refractivity contribution in [2.24, 2.45) is 0 Å². The second-order valence-electron chi connectivity index (χ2n) is 11.2. The lowest BCUT2D eigenvalue weighted by Crippen LogP contribution is -2.44. The van der Waals surface area contributed by atoms with Gasteiger partial charge in [-0.2, -0.15) is 8.42 Å². The maximum atomic E-state index is 14.2. The SMILES string of the molecule is CNC1CCC(N(Cc2cccc(-c3ccc(S(=O)(=O)n4c(C)ccc4C)s3)c2)C(=O)c2sc3ccccc3c2Cl)CC1. The Morgan fingerprint density at radius 2 is 1.67 bits per heavy atom. The molecule has 0 unspecified atom stereocenters. The summed E-state index contributed by atoms with van der Waals surface area (Å²) < 4.78 is 29.6. The number of carbonyl (C=O) groups excluding carboxylic acids is 1. The molecule has 224 valence electrons. The first-order valence-electron chi connectivity index (χ1n) is 14.4. The summed E-state index contributed by atoms with van der Waals surface area (Å²) in [6.45, 7) is 4.05. The Labute approximate surface area is 266 Å². The molecule has 0 bridgehead atoms. The highest BCUT2D eigenvalue weighted by Gasteiger charge is 2.31. The molecule has 0 saturated heterocycles. The van der Waals surface area contributed by atoms with Gasteiger partial charge in [-0.25, -0.2) is 3.97 Å². The van der Waals surface area contributed by atoms with Crippen molar-refractivity contribution < 1.29 is 13.2 Å². The van der Waals surface area contributed by atoms with Crippen LogP contribution in [-0.4, -0.2) is 42.3 Å². The zero-order valence-electron chi connectivity index (χ0n) is 24.3. The summed E-state index contributed by atoms with van der Waals surface area (Å²) in [6, 6.07) is 23.7. The molecule has 0 radical (unpaired) electrons. The Bertz CT molecular complexity index is 1880. The highest BCUT2D eigenvalue weighted by molar-refractivity contribution is 7.92. The molecule has 1 N–H and O–H groups in total. The first kappa shape index (κ1) is 30.1. The van der Waals surface area contributed by atoms with E-state index in [-0.39, 0.29) is 11.9 Å². The van der Waals surface area contributed by atoms with Crippen molar-refractivity contribution in [2.45, 2.75) is 62.4 Å². The summed E-state index contributed by atoms with van der Waals surface area (Å²) in [5, 5.41) is 4.82. The Hall–Kier alpha value is -2.95. The average Bonchev–Trinajstić information content (AvgIpc) is 3.74. The second kappa shape index (κ2) is 12.2. The van der Waals surface area contributed by atoms with Gasteiger partial charge in [0.25, 0.3) is 15.9 Å². The molecule has 43 heavy (non-hydrogen) atoms. The number of rotatable bonds is 8. The molecule has 1 aliphatic rings. The van der Waals surface area contributed by atoms with Gasteiger partial charge in [-0.1, -0.05) is 48.0 Å². The molecule has 1 saturated carbocycles. The number of aromatic nitrogens is 1. The maximum absolute atomic E-state index is 14.2. The predicted molar refractivity (Wildman–Crippen MR) is 178 cm³/mol. The summed E-state index contributed by atoms with van der Waals surface area (Å²) >= 11 is 9.50. The van der Waals surface area contributed by atoms with Crippen molar-refractivity contribution in [3.8, 4) is 10.4 Å². The molecule has 1 fully saturated rings. The monoisotopic (exact) mass is 651 g/mol. The predicted octanol–water partition coefficient (Wildman–Crippen LogP) is 8.11. The van der Waals surface area contributed by atoms with Crippen LogP contribution in [0.25, 0.3) is 20.5 Å². The molecule has 3 aromatic heterocycles. The van der Waals surface area contributed by atoms with E-state index in [4.69, 9.17) is 11.6 Å². The third kappa shape index (κ3) is 5.81. The lowest BCUT2D eigenvalue weighted by atomic mass is 9.89. The number of hydrogen-bond donors (Lipinski definition) is 1. The first-order chi connectivity index (χ1) is 20.7. The van der Waals surface area contributed by atoms with Gasteiger partial charge in [-0.05, 0) is 94.1 Å². The number of fused-ring (bicyclic) bond motifs is 1. The van der Waals surface area contributed by atoms with E-state index < -0.39 is 10.0 Å². The standard InChI is InChI=1S/C33H34ClN3O3S3/c1-21-11-12-22(2)37(21)43(39,40)30-18-17-28(41-30)24-8-6-7-23(19-24)20-36(26-15-13-25(35-3)14-16-26)33(38)32-31(34)27-9-4-5-10-29(27)42-32/h4-12,17-19,25-26,35H,13-16,20H2,1-3H3. The molecule has 2 aromatic carbocycles. The normalized spacial score (nSPS) is 17.4. The van der Waals surface area contributed by atoms with E-state index in [1.54, 1.807) is 19.9 Å². The molecule has 1 amide bonds. The van der Waals surface area contributed by atoms with Crippen LogP contribution < -0.4 is 5.32 Å². The molecular weight excluding hydrogens is 618 g/mol. The highest BCUT2D eigenvalue weighted by Crippen LogP contribution is 2.38. The number of hydrogen-bond acceptors (Lipinski definition) is 6. The van der Waals surface area contributed by atoms with Crippen LogP contribution in [-0.2, 0) is 16.6 Å². The zero-order chi connectivity index (χ0) is 30.3. The van der Waals surface area contributed by atoms with Gasteiger partial charge in [0.05, 0.1) is 5.02 Å². The van der Waals surface area contributed by atoms with Crippen molar-refractivity contribution in [3.05, 3.63) is 99.6 Å². The average molecular weight is 652 g/mol. The molecule has 3 heterocycles. The molecule has 1 aliphatic carbocycles. The van der Waals surface area contributed by atoms with Crippen LogP contribution in [0.3, 0.4) is 0 Å². The fourth-order valence-corrected chi connectivity index (χ4v) is 10.5. The molecule has 6 nitrogen and oxygen atoms in total. The lowest BCUT2D eigenvalue weighted by Gasteiger charge is -2.37. The minimum atomic E-state index is -3.69. The number of aryl methyl sites for hydroxylation is 2. The number of thiophene rings is 2. The Morgan fingerprint density at radius 1 is 0.953 bits per heavy atom. The van der Waals surface area contributed by atoms with Crippen molar-refractivity contribution in [1.29, 1.82) is 0 Å². The van der Waals surface area contributed by atoms with E-state index in [2.05, 4.69) is 11.4 Å². The summed E-state index contributed by atoms with van der Waals surface area (Å²) in [5.74, 6) is -0.0357. The fourth-order valence-electron chi connectivity index (χ4n) is 6.08. The van der Waals surface area contributed by atoms with Crippen LogP contribution in [0.2, 0.25) is 5.02 Å². The number of benzene rings is 2. The van der Waals surface area contributed by atoms with Gasteiger partial charge in [0.2, 0.25) is 0 Å². The van der Waals surface area contributed by atoms with E-state index >= 15 is 0 Å². The third-order valence-corrected chi connectivity index (χ3v) is 13.6. The van der Waals surface area contributed by atoms with Gasteiger partial charge in [-0.15, -0.1) is 22.7 Å². The van der Waals surface area contributed by atoms with Crippen LogP contribution in [0.1, 0.15) is 52.3 Å². The molecule has 10 heteroatoms. The largest absolute Gasteiger partial charge is 0.331 e. The van der Waals surface area contributed by atoms with E-state index in [1.165, 1.54) is 26.6 Å². The molecule has 0 spiro atoms. The Kier molecular flexibility index (Phi) is 8.54. The van der Waals surface area contributed by atoms with Crippen molar-refractivity contribution in [3.63, 3.8) is 0 Å². The molecule has 0 atom stereocenters. The zero-order valence-corrected chi connectivity index (χ0v) is 27.5. The lowest BCUT2D eigenvalue weighted by molar-refractivity contribution is 0.0606. The van der Waals surface area contributed by atoms with Crippen LogP contribution in [0.5, 0.6) is 0 Å². The Morgan fingerprint density at radius 3 is 2.37 bits per heavy atom. The van der Waals surface area contributed by atoms with Gasteiger partial charge in [0, 0.05) is 45.0 Å². The van der Waals surface area contributed by atoms with Crippen LogP contribution >= 0.6 is 34.3 Å². The molecule has 6 rings (SSSR count). The van der Waals surface area contributed by atoms with Gasteiger partial charge in [0.1, 0.15) is 9.09 Å². The number of nitrogens with zero attached hydrogens (tertiary/aromatic N) is 2. The van der Waals surface area contributed by atoms with Gasteiger partial charge < -0.3 is 10.2 Å². The maximum Gasteiger partial charge on any atom is 0.277 e. The van der Waals surface area contributed by atoms with Crippen molar-refractivity contribution in [1.82, 2.24) is 14.2 Å². The topological polar surface area (TPSA) is 71.4 Å². The molecular formula is C33H34ClN3O3S3. The summed E-state index contributed by atoms with van der Waals surface area (Å²) in [4.78, 5) is 17.6. The van der Waals surface area contributed by atoms with E-state index in [0.717, 1.165) is 51.8 Å². The van der Waals surface area contributed by atoms with Crippen LogP contribution in [0.4, 0.5) is 0 Å². The highest BCUT2D eigenvalue weighted by atomic mass is 35.5. The fraction of sp³-hybridized carbons (Fsp3) is 0.303. The molecule has 0 aliphatic heterocycles. The van der Waals surface area contributed by atoms with Gasteiger partial charge in [0.15, 0.2) is 0 Å². The van der Waals surface area contributed by atoms with Crippen LogP contribution in [0.15, 0.2) is 77.0 Å². The number of halogens is 1. The van der Waals surface area contributed by atoms with E-state index in [1.807, 2.05) is 72.6 Å². The van der Waals surface area contributed by atoms with E-state index in [0.29, 0.717) is 38.1 Å². The summed E-state index contributed by atoms with van der Waals surface area (Å²) in [5.41, 5.74) is 3.29. The van der Waals surface area contributed by atoms with Crippen LogP contribution in [0, 0.1) is 13.8 Å². The summed E-state index contributed by atoms with van der Waals surface area (Å²) in [7, 11) is -1.69. The van der Waals surface area contributed by atoms with Gasteiger partial charge >= 0.3 is 0 Å². The summed E-state index contributed by atoms with van der Waals surface area (Å²) in [6.07, 6.45) is 3.86. The first-order valence-corrected chi connectivity index (χ1v) is 17.9. The second-order valence-corrected chi connectivity index (χ2v) is 15.7. The smallest absolute Gasteiger partial charge is 0.277 e. The van der Waals surface area contributed by atoms with Gasteiger partial charge in [-0.3, -0.25) is 4.79 Å². The Balaban J connectivity index is 1.31. The number of amides is 1.